The molecular formula is C20H17ClN2O3S2. The van der Waals surface area contributed by atoms with E-state index in [1.54, 1.807) is 17.7 Å². The van der Waals surface area contributed by atoms with Crippen molar-refractivity contribution in [3.05, 3.63) is 68.2 Å². The van der Waals surface area contributed by atoms with E-state index in [1.807, 2.05) is 46.5 Å². The first-order chi connectivity index (χ1) is 13.6. The molecule has 0 radical (unpaired) electrons. The number of aromatic nitrogens is 2. The normalized spacial score (nSPS) is 14.3. The molecule has 2 aromatic heterocycles. The molecule has 0 aliphatic carbocycles. The monoisotopic (exact) mass is 432 g/mol. The summed E-state index contributed by atoms with van der Waals surface area (Å²) in [5.74, 6) is 0.721. The number of carbonyl (C=O) groups excluding carboxylic acids is 1. The number of fused-ring (bicyclic) bond motifs is 1. The Morgan fingerprint density at radius 3 is 3.00 bits per heavy atom. The van der Waals surface area contributed by atoms with Gasteiger partial charge in [0.1, 0.15) is 23.6 Å². The van der Waals surface area contributed by atoms with Gasteiger partial charge in [-0.25, -0.2) is 9.78 Å². The van der Waals surface area contributed by atoms with E-state index in [4.69, 9.17) is 21.1 Å². The molecule has 4 rings (SSSR count). The Labute approximate surface area is 175 Å². The Bertz CT molecular complexity index is 1100. The Hall–Kier alpha value is -2.22. The van der Waals surface area contributed by atoms with Crippen LogP contribution < -0.4 is 0 Å². The van der Waals surface area contributed by atoms with Gasteiger partial charge >= 0.3 is 5.97 Å². The van der Waals surface area contributed by atoms with Crippen LogP contribution in [-0.4, -0.2) is 28.4 Å². The van der Waals surface area contributed by atoms with Gasteiger partial charge in [-0.05, 0) is 47.0 Å². The number of esters is 1. The molecule has 144 valence electrons. The van der Waals surface area contributed by atoms with Crippen molar-refractivity contribution in [2.24, 2.45) is 0 Å². The van der Waals surface area contributed by atoms with Gasteiger partial charge in [0.25, 0.3) is 0 Å². The third kappa shape index (κ3) is 3.70. The van der Waals surface area contributed by atoms with Crippen molar-refractivity contribution in [2.45, 2.75) is 13.5 Å². The minimum Gasteiger partial charge on any atom is -0.487 e. The van der Waals surface area contributed by atoms with E-state index in [-0.39, 0.29) is 0 Å². The average molecular weight is 433 g/mol. The molecule has 3 heterocycles. The fourth-order valence-electron chi connectivity index (χ4n) is 2.87. The lowest BCUT2D eigenvalue weighted by atomic mass is 10.2. The van der Waals surface area contributed by atoms with Crippen LogP contribution in [0.1, 0.15) is 11.1 Å². The summed E-state index contributed by atoms with van der Waals surface area (Å²) in [5.41, 5.74) is 4.81. The van der Waals surface area contributed by atoms with Crippen LogP contribution in [0.3, 0.4) is 0 Å². The number of aryl methyl sites for hydroxylation is 1. The quantitative estimate of drug-likeness (QED) is 0.515. The third-order valence-corrected chi connectivity index (χ3v) is 6.60. The molecule has 1 aliphatic heterocycles. The number of carbonyl (C=O) groups is 1. The molecule has 0 saturated heterocycles. The SMILES string of the molecule is COC(=O)C1=C(OCc2ccsc2)C=C(n2cnc3cc(Cl)c(C)cc32)CS1. The molecule has 0 saturated carbocycles. The fraction of sp³-hybridized carbons (Fsp3) is 0.200. The third-order valence-electron chi connectivity index (χ3n) is 4.37. The van der Waals surface area contributed by atoms with Gasteiger partial charge < -0.3 is 14.0 Å². The van der Waals surface area contributed by atoms with E-state index in [0.717, 1.165) is 27.9 Å². The number of allylic oxidation sites excluding steroid dienone is 1. The fourth-order valence-corrected chi connectivity index (χ4v) is 4.66. The maximum atomic E-state index is 12.2. The van der Waals surface area contributed by atoms with Crippen molar-refractivity contribution < 1.29 is 14.3 Å². The average Bonchev–Trinajstić information content (AvgIpc) is 3.36. The molecule has 0 spiro atoms. The summed E-state index contributed by atoms with van der Waals surface area (Å²) in [6.07, 6.45) is 3.66. The van der Waals surface area contributed by atoms with Crippen LogP contribution in [0.4, 0.5) is 0 Å². The molecule has 1 aromatic carbocycles. The van der Waals surface area contributed by atoms with E-state index in [1.165, 1.54) is 18.9 Å². The van der Waals surface area contributed by atoms with E-state index in [9.17, 15) is 4.79 Å². The Balaban J connectivity index is 1.72. The lowest BCUT2D eigenvalue weighted by Gasteiger charge is -2.20. The smallest absolute Gasteiger partial charge is 0.348 e. The van der Waals surface area contributed by atoms with Gasteiger partial charge in [-0.2, -0.15) is 11.3 Å². The molecule has 0 fully saturated rings. The number of hydrogen-bond donors (Lipinski definition) is 0. The summed E-state index contributed by atoms with van der Waals surface area (Å²) in [6.45, 7) is 2.36. The second kappa shape index (κ2) is 8.03. The summed E-state index contributed by atoms with van der Waals surface area (Å²) in [5, 5.41) is 4.71. The van der Waals surface area contributed by atoms with Crippen LogP contribution in [0.15, 0.2) is 52.0 Å². The van der Waals surface area contributed by atoms with Crippen LogP contribution >= 0.6 is 34.7 Å². The van der Waals surface area contributed by atoms with E-state index in [0.29, 0.717) is 28.0 Å². The summed E-state index contributed by atoms with van der Waals surface area (Å²) < 4.78 is 12.9. The summed E-state index contributed by atoms with van der Waals surface area (Å²) >= 11 is 9.23. The predicted molar refractivity (Wildman–Crippen MR) is 114 cm³/mol. The minimum absolute atomic E-state index is 0.390. The number of ether oxygens (including phenoxy) is 2. The number of thioether (sulfide) groups is 1. The van der Waals surface area contributed by atoms with Crippen molar-refractivity contribution in [3.63, 3.8) is 0 Å². The second-order valence-corrected chi connectivity index (χ2v) is 8.41. The number of methoxy groups -OCH3 is 1. The first kappa shape index (κ1) is 19.1. The van der Waals surface area contributed by atoms with Crippen LogP contribution in [0.25, 0.3) is 16.7 Å². The van der Waals surface area contributed by atoms with Crippen molar-refractivity contribution in [2.75, 3.05) is 12.9 Å². The molecule has 28 heavy (non-hydrogen) atoms. The van der Waals surface area contributed by atoms with Gasteiger partial charge in [0.15, 0.2) is 0 Å². The molecule has 0 bridgehead atoms. The van der Waals surface area contributed by atoms with Gasteiger partial charge in [-0.1, -0.05) is 11.6 Å². The largest absolute Gasteiger partial charge is 0.487 e. The van der Waals surface area contributed by atoms with Crippen molar-refractivity contribution in [1.82, 2.24) is 9.55 Å². The minimum atomic E-state index is -0.390. The standard InChI is InChI=1S/C20H17ClN2O3S2/c1-12-5-17-16(7-15(12)21)22-11-23(17)14-6-18(19(28-10-14)20(24)25-2)26-8-13-3-4-27-9-13/h3-7,9,11H,8,10H2,1-2H3. The van der Waals surface area contributed by atoms with E-state index in [2.05, 4.69) is 4.98 Å². The molecular weight excluding hydrogens is 416 g/mol. The van der Waals surface area contributed by atoms with Crippen molar-refractivity contribution in [1.29, 1.82) is 0 Å². The molecule has 1 aliphatic rings. The highest BCUT2D eigenvalue weighted by Gasteiger charge is 2.24. The number of rotatable bonds is 5. The molecule has 0 amide bonds. The molecule has 5 nitrogen and oxygen atoms in total. The number of halogens is 1. The van der Waals surface area contributed by atoms with Gasteiger partial charge in [0.05, 0.1) is 18.1 Å². The zero-order valence-electron chi connectivity index (χ0n) is 15.3. The lowest BCUT2D eigenvalue weighted by molar-refractivity contribution is -0.135. The summed E-state index contributed by atoms with van der Waals surface area (Å²) in [7, 11) is 1.38. The van der Waals surface area contributed by atoms with Crippen molar-refractivity contribution in [3.8, 4) is 0 Å². The zero-order valence-corrected chi connectivity index (χ0v) is 17.7. The van der Waals surface area contributed by atoms with Gasteiger partial charge in [0.2, 0.25) is 0 Å². The van der Waals surface area contributed by atoms with Crippen LogP contribution in [0.2, 0.25) is 5.02 Å². The number of benzene rings is 1. The van der Waals surface area contributed by atoms with Crippen LogP contribution in [0, 0.1) is 6.92 Å². The number of imidazole rings is 1. The molecule has 0 N–H and O–H groups in total. The maximum Gasteiger partial charge on any atom is 0.348 e. The number of nitrogens with zero attached hydrogens (tertiary/aromatic N) is 2. The zero-order chi connectivity index (χ0) is 19.7. The molecule has 0 atom stereocenters. The van der Waals surface area contributed by atoms with Crippen LogP contribution in [-0.2, 0) is 20.9 Å². The van der Waals surface area contributed by atoms with E-state index < -0.39 is 5.97 Å². The second-order valence-electron chi connectivity index (χ2n) is 6.23. The summed E-state index contributed by atoms with van der Waals surface area (Å²) in [6, 6.07) is 5.88. The highest BCUT2D eigenvalue weighted by molar-refractivity contribution is 8.04. The Morgan fingerprint density at radius 2 is 2.25 bits per heavy atom. The number of thiophene rings is 1. The summed E-state index contributed by atoms with van der Waals surface area (Å²) in [4.78, 5) is 17.1. The topological polar surface area (TPSA) is 53.4 Å². The van der Waals surface area contributed by atoms with Gasteiger partial charge in [-0.15, -0.1) is 11.8 Å². The Kier molecular flexibility index (Phi) is 5.48. The maximum absolute atomic E-state index is 12.2. The molecule has 3 aromatic rings. The highest BCUT2D eigenvalue weighted by atomic mass is 35.5. The predicted octanol–water partition coefficient (Wildman–Crippen LogP) is 5.25. The van der Waals surface area contributed by atoms with Crippen LogP contribution in [0.5, 0.6) is 0 Å². The first-order valence-electron chi connectivity index (χ1n) is 8.50. The van der Waals surface area contributed by atoms with Gasteiger partial charge in [-0.3, -0.25) is 0 Å². The highest BCUT2D eigenvalue weighted by Crippen LogP contribution is 2.35. The lowest BCUT2D eigenvalue weighted by Crippen LogP contribution is -2.13. The van der Waals surface area contributed by atoms with Crippen molar-refractivity contribution >= 4 is 57.4 Å². The Morgan fingerprint density at radius 1 is 1.39 bits per heavy atom. The molecule has 0 unspecified atom stereocenters. The molecule has 8 heteroatoms. The van der Waals surface area contributed by atoms with Gasteiger partial charge in [0, 0.05) is 22.5 Å². The first-order valence-corrected chi connectivity index (χ1v) is 10.8. The van der Waals surface area contributed by atoms with E-state index >= 15 is 0 Å². The number of hydrogen-bond acceptors (Lipinski definition) is 6.